The topological polar surface area (TPSA) is 53.7 Å². The molecule has 1 aliphatic rings. The smallest absolute Gasteiger partial charge is 0.484 e. The lowest BCUT2D eigenvalue weighted by Crippen LogP contribution is -2.41. The summed E-state index contributed by atoms with van der Waals surface area (Å²) in [6.07, 6.45) is -0.164. The van der Waals surface area contributed by atoms with Gasteiger partial charge in [0.1, 0.15) is 11.9 Å². The highest BCUT2D eigenvalue weighted by molar-refractivity contribution is 6.62. The molecule has 0 spiro atoms. The van der Waals surface area contributed by atoms with Gasteiger partial charge in [0.25, 0.3) is 0 Å². The van der Waals surface area contributed by atoms with Crippen molar-refractivity contribution in [2.75, 3.05) is 5.73 Å². The highest BCUT2D eigenvalue weighted by Crippen LogP contribution is 2.37. The largest absolute Gasteiger partial charge is 0.494 e. The third kappa shape index (κ3) is 3.70. The summed E-state index contributed by atoms with van der Waals surface area (Å²) in [5, 5.41) is 0.697. The Bertz CT molecular complexity index is 776. The van der Waals surface area contributed by atoms with E-state index in [0.717, 1.165) is 11.0 Å². The lowest BCUT2D eigenvalue weighted by Gasteiger charge is -2.32. The van der Waals surface area contributed by atoms with Gasteiger partial charge in [-0.1, -0.05) is 29.8 Å². The van der Waals surface area contributed by atoms with Crippen molar-refractivity contribution >= 4 is 29.9 Å². The van der Waals surface area contributed by atoms with E-state index in [0.29, 0.717) is 16.5 Å². The van der Waals surface area contributed by atoms with E-state index in [2.05, 4.69) is 0 Å². The molecule has 6 heteroatoms. The van der Waals surface area contributed by atoms with Gasteiger partial charge < -0.3 is 19.8 Å². The Labute approximate surface area is 160 Å². The third-order valence-electron chi connectivity index (χ3n) is 5.21. The zero-order chi connectivity index (χ0) is 19.1. The molecule has 0 radical (unpaired) electrons. The van der Waals surface area contributed by atoms with E-state index in [1.165, 1.54) is 0 Å². The Morgan fingerprint density at radius 3 is 2.15 bits per heavy atom. The number of hydrogen-bond donors (Lipinski definition) is 1. The fraction of sp³-hybridized carbons (Fsp3) is 0.400. The summed E-state index contributed by atoms with van der Waals surface area (Å²) >= 11 is 5.95. The second-order valence-corrected chi connectivity index (χ2v) is 8.13. The second-order valence-electron chi connectivity index (χ2n) is 7.70. The minimum Gasteiger partial charge on any atom is -0.484 e. The van der Waals surface area contributed by atoms with Gasteiger partial charge in [-0.2, -0.15) is 0 Å². The predicted octanol–water partition coefficient (Wildman–Crippen LogP) is 4.36. The maximum atomic E-state index is 6.12. The van der Waals surface area contributed by atoms with E-state index in [9.17, 15) is 0 Å². The highest BCUT2D eigenvalue weighted by atomic mass is 35.5. The van der Waals surface area contributed by atoms with Crippen molar-refractivity contribution in [3.63, 3.8) is 0 Å². The summed E-state index contributed by atoms with van der Waals surface area (Å²) in [4.78, 5) is 0. The molecule has 138 valence electrons. The first-order valence-electron chi connectivity index (χ1n) is 8.76. The molecule has 4 nitrogen and oxygen atoms in total. The Balaban J connectivity index is 1.81. The molecule has 0 saturated carbocycles. The minimum atomic E-state index is -0.450. The van der Waals surface area contributed by atoms with E-state index in [4.69, 9.17) is 31.4 Å². The van der Waals surface area contributed by atoms with E-state index in [-0.39, 0.29) is 6.10 Å². The number of anilines is 1. The lowest BCUT2D eigenvalue weighted by molar-refractivity contribution is 0.00578. The van der Waals surface area contributed by atoms with Crippen LogP contribution >= 0.6 is 11.6 Å². The van der Waals surface area contributed by atoms with Gasteiger partial charge in [0.05, 0.1) is 16.9 Å². The number of nitrogens with two attached hydrogens (primary N) is 1. The van der Waals surface area contributed by atoms with Gasteiger partial charge in [0, 0.05) is 5.02 Å². The summed E-state index contributed by atoms with van der Waals surface area (Å²) < 4.78 is 18.3. The van der Waals surface area contributed by atoms with Crippen molar-refractivity contribution in [2.45, 2.75) is 51.9 Å². The summed E-state index contributed by atoms with van der Waals surface area (Å²) in [5.74, 6) is 0.611. The van der Waals surface area contributed by atoms with E-state index >= 15 is 0 Å². The van der Waals surface area contributed by atoms with Crippen LogP contribution < -0.4 is 15.9 Å². The molecule has 0 amide bonds. The SMILES string of the molecule is C[C@H](Oc1cc(B2OC(C)(C)C(C)(C)O2)ccc1N)c1ccc(Cl)cc1. The van der Waals surface area contributed by atoms with Crippen LogP contribution in [0, 0.1) is 0 Å². The van der Waals surface area contributed by atoms with Crippen LogP contribution in [0.5, 0.6) is 5.75 Å². The standard InChI is InChI=1S/C20H25BClNO3/c1-13(14-6-9-16(22)10-7-14)24-18-12-15(8-11-17(18)23)21-25-19(2,3)20(4,5)26-21/h6-13H,23H2,1-5H3/t13-/m0/s1. The predicted molar refractivity (Wildman–Crippen MR) is 107 cm³/mol. The van der Waals surface area contributed by atoms with Gasteiger partial charge >= 0.3 is 7.12 Å². The van der Waals surface area contributed by atoms with Crippen molar-refractivity contribution in [1.82, 2.24) is 0 Å². The molecular formula is C20H25BClNO3. The first-order chi connectivity index (χ1) is 12.1. The average Bonchev–Trinajstić information content (AvgIpc) is 2.78. The number of rotatable bonds is 4. The summed E-state index contributed by atoms with van der Waals surface area (Å²) in [6.45, 7) is 10.1. The number of hydrogen-bond acceptors (Lipinski definition) is 4. The van der Waals surface area contributed by atoms with Crippen molar-refractivity contribution in [2.24, 2.45) is 0 Å². The molecule has 2 aromatic carbocycles. The quantitative estimate of drug-likeness (QED) is 0.639. The molecule has 0 unspecified atom stereocenters. The van der Waals surface area contributed by atoms with Crippen LogP contribution in [-0.2, 0) is 9.31 Å². The molecule has 0 aliphatic carbocycles. The zero-order valence-electron chi connectivity index (χ0n) is 15.9. The van der Waals surface area contributed by atoms with Crippen LogP contribution in [-0.4, -0.2) is 18.3 Å². The number of ether oxygens (including phenoxy) is 1. The van der Waals surface area contributed by atoms with Crippen LogP contribution in [0.25, 0.3) is 0 Å². The molecule has 0 bridgehead atoms. The van der Waals surface area contributed by atoms with Gasteiger partial charge in [-0.3, -0.25) is 0 Å². The first-order valence-corrected chi connectivity index (χ1v) is 9.14. The normalized spacial score (nSPS) is 19.4. The van der Waals surface area contributed by atoms with Crippen molar-refractivity contribution < 1.29 is 14.0 Å². The van der Waals surface area contributed by atoms with Crippen molar-refractivity contribution in [3.8, 4) is 5.75 Å². The summed E-state index contributed by atoms with van der Waals surface area (Å²) in [6, 6.07) is 13.2. The molecule has 1 fully saturated rings. The van der Waals surface area contributed by atoms with Gasteiger partial charge in [0.15, 0.2) is 0 Å². The van der Waals surface area contributed by atoms with Crippen LogP contribution in [0.15, 0.2) is 42.5 Å². The van der Waals surface area contributed by atoms with E-state index in [1.807, 2.05) is 77.1 Å². The molecule has 2 aromatic rings. The number of halogens is 1. The van der Waals surface area contributed by atoms with Gasteiger partial charge in [-0.25, -0.2) is 0 Å². The molecule has 2 N–H and O–H groups in total. The molecule has 26 heavy (non-hydrogen) atoms. The Hall–Kier alpha value is -1.69. The molecule has 1 atom stereocenters. The lowest BCUT2D eigenvalue weighted by atomic mass is 9.79. The van der Waals surface area contributed by atoms with Crippen molar-refractivity contribution in [1.29, 1.82) is 0 Å². The Morgan fingerprint density at radius 1 is 1.00 bits per heavy atom. The monoisotopic (exact) mass is 373 g/mol. The summed E-state index contributed by atoms with van der Waals surface area (Å²) in [7, 11) is -0.450. The molecule has 0 aromatic heterocycles. The first kappa shape index (κ1) is 19.1. The summed E-state index contributed by atoms with van der Waals surface area (Å²) in [5.41, 5.74) is 7.82. The van der Waals surface area contributed by atoms with E-state index < -0.39 is 18.3 Å². The minimum absolute atomic E-state index is 0.164. The number of nitrogen functional groups attached to an aromatic ring is 1. The molecule has 1 saturated heterocycles. The Morgan fingerprint density at radius 2 is 1.58 bits per heavy atom. The zero-order valence-corrected chi connectivity index (χ0v) is 16.6. The fourth-order valence-electron chi connectivity index (χ4n) is 2.77. The molecule has 1 heterocycles. The van der Waals surface area contributed by atoms with Gasteiger partial charge in [0.2, 0.25) is 0 Å². The van der Waals surface area contributed by atoms with Crippen LogP contribution in [0.4, 0.5) is 5.69 Å². The molecule has 3 rings (SSSR count). The van der Waals surface area contributed by atoms with Gasteiger partial charge in [-0.15, -0.1) is 0 Å². The maximum absolute atomic E-state index is 6.12. The fourth-order valence-corrected chi connectivity index (χ4v) is 2.90. The average molecular weight is 374 g/mol. The van der Waals surface area contributed by atoms with Crippen LogP contribution in [0.1, 0.15) is 46.3 Å². The van der Waals surface area contributed by atoms with Crippen molar-refractivity contribution in [3.05, 3.63) is 53.1 Å². The Kier molecular flexibility index (Phi) is 4.99. The van der Waals surface area contributed by atoms with Gasteiger partial charge in [-0.05, 0) is 69.9 Å². The molecule has 1 aliphatic heterocycles. The number of benzene rings is 2. The maximum Gasteiger partial charge on any atom is 0.494 e. The van der Waals surface area contributed by atoms with E-state index in [1.54, 1.807) is 0 Å². The van der Waals surface area contributed by atoms with Crippen LogP contribution in [0.2, 0.25) is 5.02 Å². The second kappa shape index (κ2) is 6.80. The highest BCUT2D eigenvalue weighted by Gasteiger charge is 2.51. The molecular weight excluding hydrogens is 348 g/mol. The third-order valence-corrected chi connectivity index (χ3v) is 5.46. The van der Waals surface area contributed by atoms with Crippen LogP contribution in [0.3, 0.4) is 0 Å².